The van der Waals surface area contributed by atoms with Gasteiger partial charge in [0, 0.05) is 16.3 Å². The largest absolute Gasteiger partial charge is 0.497 e. The van der Waals surface area contributed by atoms with Crippen LogP contribution in [-0.4, -0.2) is 33.5 Å². The molecule has 0 aliphatic heterocycles. The van der Waals surface area contributed by atoms with Gasteiger partial charge < -0.3 is 10.1 Å². The van der Waals surface area contributed by atoms with Gasteiger partial charge in [0.1, 0.15) is 5.75 Å². The summed E-state index contributed by atoms with van der Waals surface area (Å²) in [4.78, 5) is 12.6. The number of carbonyl (C=O) groups is 1. The molecule has 168 valence electrons. The van der Waals surface area contributed by atoms with Gasteiger partial charge in [0.25, 0.3) is 0 Å². The number of nitrogens with zero attached hydrogens (tertiary/aromatic N) is 3. The van der Waals surface area contributed by atoms with Gasteiger partial charge in [-0.3, -0.25) is 9.36 Å². The maximum Gasteiger partial charge on any atom is 0.234 e. The number of ether oxygens (including phenoxy) is 1. The molecule has 4 aromatic rings. The van der Waals surface area contributed by atoms with Crippen LogP contribution in [0, 0.1) is 0 Å². The topological polar surface area (TPSA) is 69.0 Å². The lowest BCUT2D eigenvalue weighted by Crippen LogP contribution is -2.15. The van der Waals surface area contributed by atoms with Gasteiger partial charge in [0.2, 0.25) is 5.91 Å². The third kappa shape index (κ3) is 5.45. The Morgan fingerprint density at radius 3 is 2.27 bits per heavy atom. The van der Waals surface area contributed by atoms with Crippen molar-refractivity contribution in [1.29, 1.82) is 0 Å². The standard InChI is InChI=1S/C23H17Cl3N4O2S/c1-32-17-11-5-14(6-12-17)22-28-29-23(30(22)16-9-7-15(24)8-10-16)33-13-20(31)27-21-18(25)3-2-4-19(21)26/h2-12H,13H2,1H3,(H,27,31). The van der Waals surface area contributed by atoms with Crippen LogP contribution in [0.4, 0.5) is 5.69 Å². The summed E-state index contributed by atoms with van der Waals surface area (Å²) in [6, 6.07) is 19.8. The molecule has 0 atom stereocenters. The van der Waals surface area contributed by atoms with Crippen LogP contribution in [0.3, 0.4) is 0 Å². The van der Waals surface area contributed by atoms with Crippen molar-refractivity contribution in [1.82, 2.24) is 14.8 Å². The summed E-state index contributed by atoms with van der Waals surface area (Å²) in [5, 5.41) is 13.4. The number of carbonyl (C=O) groups excluding carboxylic acids is 1. The van der Waals surface area contributed by atoms with E-state index in [4.69, 9.17) is 39.5 Å². The van der Waals surface area contributed by atoms with Crippen molar-refractivity contribution in [3.8, 4) is 22.8 Å². The number of benzene rings is 3. The highest BCUT2D eigenvalue weighted by Gasteiger charge is 2.18. The molecule has 10 heteroatoms. The van der Waals surface area contributed by atoms with Crippen LogP contribution in [0.1, 0.15) is 0 Å². The Balaban J connectivity index is 1.61. The Labute approximate surface area is 209 Å². The molecule has 1 amide bonds. The van der Waals surface area contributed by atoms with E-state index in [-0.39, 0.29) is 11.7 Å². The first-order valence-electron chi connectivity index (χ1n) is 9.68. The van der Waals surface area contributed by atoms with Crippen molar-refractivity contribution in [2.45, 2.75) is 5.16 Å². The van der Waals surface area contributed by atoms with Crippen molar-refractivity contribution < 1.29 is 9.53 Å². The predicted octanol–water partition coefficient (Wildman–Crippen LogP) is 6.63. The minimum absolute atomic E-state index is 0.0793. The first kappa shape index (κ1) is 23.4. The molecule has 1 N–H and O–H groups in total. The molecule has 0 spiro atoms. The molecule has 0 bridgehead atoms. The summed E-state index contributed by atoms with van der Waals surface area (Å²) < 4.78 is 7.12. The van der Waals surface area contributed by atoms with E-state index in [9.17, 15) is 4.79 Å². The second kappa shape index (κ2) is 10.5. The van der Waals surface area contributed by atoms with Gasteiger partial charge in [-0.05, 0) is 60.7 Å². The minimum Gasteiger partial charge on any atom is -0.497 e. The molecule has 0 saturated carbocycles. The van der Waals surface area contributed by atoms with Crippen LogP contribution in [0.15, 0.2) is 71.9 Å². The first-order chi connectivity index (χ1) is 16.0. The van der Waals surface area contributed by atoms with E-state index in [1.807, 2.05) is 41.0 Å². The second-order valence-electron chi connectivity index (χ2n) is 6.78. The number of nitrogens with one attached hydrogen (secondary N) is 1. The molecule has 0 aliphatic carbocycles. The molecule has 1 aromatic heterocycles. The molecule has 3 aromatic carbocycles. The number of anilines is 1. The fraction of sp³-hybridized carbons (Fsp3) is 0.0870. The molecule has 4 rings (SSSR count). The SMILES string of the molecule is COc1ccc(-c2nnc(SCC(=O)Nc3c(Cl)cccc3Cl)n2-c2ccc(Cl)cc2)cc1. The van der Waals surface area contributed by atoms with Gasteiger partial charge in [-0.1, -0.05) is 52.6 Å². The average Bonchev–Trinajstić information content (AvgIpc) is 3.24. The molecule has 1 heterocycles. The summed E-state index contributed by atoms with van der Waals surface area (Å²) >= 11 is 19.6. The number of methoxy groups -OCH3 is 1. The zero-order valence-electron chi connectivity index (χ0n) is 17.3. The number of para-hydroxylation sites is 1. The molecule has 6 nitrogen and oxygen atoms in total. The molecular formula is C23H17Cl3N4O2S. The van der Waals surface area contributed by atoms with Crippen LogP contribution in [0.25, 0.3) is 17.1 Å². The lowest BCUT2D eigenvalue weighted by molar-refractivity contribution is -0.113. The third-order valence-corrected chi connectivity index (χ3v) is 6.44. The zero-order chi connectivity index (χ0) is 23.4. The van der Waals surface area contributed by atoms with Crippen LogP contribution >= 0.6 is 46.6 Å². The average molecular weight is 520 g/mol. The fourth-order valence-electron chi connectivity index (χ4n) is 3.04. The quantitative estimate of drug-likeness (QED) is 0.277. The normalized spacial score (nSPS) is 10.8. The van der Waals surface area contributed by atoms with Crippen LogP contribution in [0.5, 0.6) is 5.75 Å². The summed E-state index contributed by atoms with van der Waals surface area (Å²) in [6.45, 7) is 0. The number of aromatic nitrogens is 3. The van der Waals surface area contributed by atoms with Crippen LogP contribution < -0.4 is 10.1 Å². The van der Waals surface area contributed by atoms with E-state index < -0.39 is 0 Å². The van der Waals surface area contributed by atoms with Gasteiger partial charge in [0.15, 0.2) is 11.0 Å². The van der Waals surface area contributed by atoms with Crippen molar-refractivity contribution in [2.24, 2.45) is 0 Å². The van der Waals surface area contributed by atoms with E-state index in [1.54, 1.807) is 37.4 Å². The number of amides is 1. The zero-order valence-corrected chi connectivity index (χ0v) is 20.3. The monoisotopic (exact) mass is 518 g/mol. The third-order valence-electron chi connectivity index (χ3n) is 4.63. The minimum atomic E-state index is -0.272. The van der Waals surface area contributed by atoms with Gasteiger partial charge in [-0.2, -0.15) is 0 Å². The summed E-state index contributed by atoms with van der Waals surface area (Å²) in [5.74, 6) is 1.17. The van der Waals surface area contributed by atoms with Crippen molar-refractivity contribution >= 4 is 58.2 Å². The Morgan fingerprint density at radius 2 is 1.64 bits per heavy atom. The highest BCUT2D eigenvalue weighted by atomic mass is 35.5. The summed E-state index contributed by atoms with van der Waals surface area (Å²) in [7, 11) is 1.61. The highest BCUT2D eigenvalue weighted by molar-refractivity contribution is 7.99. The number of rotatable bonds is 7. The van der Waals surface area contributed by atoms with E-state index in [0.29, 0.717) is 31.7 Å². The lowest BCUT2D eigenvalue weighted by Gasteiger charge is -2.12. The Morgan fingerprint density at radius 1 is 0.970 bits per heavy atom. The highest BCUT2D eigenvalue weighted by Crippen LogP contribution is 2.32. The molecule has 33 heavy (non-hydrogen) atoms. The maximum atomic E-state index is 12.6. The second-order valence-corrected chi connectivity index (χ2v) is 8.97. The van der Waals surface area contributed by atoms with Crippen LogP contribution in [0.2, 0.25) is 15.1 Å². The Hall–Kier alpha value is -2.71. The van der Waals surface area contributed by atoms with Gasteiger partial charge in [0.05, 0.1) is 28.6 Å². The molecule has 0 radical (unpaired) electrons. The molecule has 0 unspecified atom stereocenters. The van der Waals surface area contributed by atoms with E-state index in [1.165, 1.54) is 11.8 Å². The number of hydrogen-bond acceptors (Lipinski definition) is 5. The van der Waals surface area contributed by atoms with Crippen LogP contribution in [-0.2, 0) is 4.79 Å². The van der Waals surface area contributed by atoms with Gasteiger partial charge in [-0.15, -0.1) is 10.2 Å². The van der Waals surface area contributed by atoms with Crippen molar-refractivity contribution in [3.05, 3.63) is 81.8 Å². The molecule has 0 saturated heterocycles. The predicted molar refractivity (Wildman–Crippen MR) is 134 cm³/mol. The number of halogens is 3. The lowest BCUT2D eigenvalue weighted by atomic mass is 10.2. The fourth-order valence-corrected chi connectivity index (χ4v) is 4.41. The van der Waals surface area contributed by atoms with E-state index in [2.05, 4.69) is 15.5 Å². The van der Waals surface area contributed by atoms with E-state index in [0.717, 1.165) is 17.0 Å². The maximum absolute atomic E-state index is 12.6. The Kier molecular flexibility index (Phi) is 7.45. The molecule has 0 fully saturated rings. The number of hydrogen-bond donors (Lipinski definition) is 1. The van der Waals surface area contributed by atoms with Gasteiger partial charge in [-0.25, -0.2) is 0 Å². The summed E-state index contributed by atoms with van der Waals surface area (Å²) in [6.07, 6.45) is 0. The van der Waals surface area contributed by atoms with Crippen molar-refractivity contribution in [3.63, 3.8) is 0 Å². The Bertz CT molecular complexity index is 1260. The van der Waals surface area contributed by atoms with Crippen molar-refractivity contribution in [2.75, 3.05) is 18.2 Å². The summed E-state index contributed by atoms with van der Waals surface area (Å²) in [5.41, 5.74) is 2.04. The van der Waals surface area contributed by atoms with Gasteiger partial charge >= 0.3 is 0 Å². The first-order valence-corrected chi connectivity index (χ1v) is 11.8. The number of thioether (sulfide) groups is 1. The molecular weight excluding hydrogens is 503 g/mol. The molecule has 0 aliphatic rings. The van der Waals surface area contributed by atoms with E-state index >= 15 is 0 Å². The smallest absolute Gasteiger partial charge is 0.234 e.